The van der Waals surface area contributed by atoms with E-state index in [0.717, 1.165) is 25.3 Å². The van der Waals surface area contributed by atoms with Crippen LogP contribution >= 0.6 is 24.2 Å². The highest BCUT2D eigenvalue weighted by molar-refractivity contribution is 7.99. The second-order valence-corrected chi connectivity index (χ2v) is 5.66. The lowest BCUT2D eigenvalue weighted by Gasteiger charge is -2.15. The average Bonchev–Trinajstić information content (AvgIpc) is 2.96. The summed E-state index contributed by atoms with van der Waals surface area (Å²) < 4.78 is 0. The van der Waals surface area contributed by atoms with Crippen molar-refractivity contribution in [2.24, 2.45) is 0 Å². The van der Waals surface area contributed by atoms with Crippen LogP contribution in [-0.2, 0) is 4.79 Å². The molecule has 1 saturated heterocycles. The van der Waals surface area contributed by atoms with Gasteiger partial charge in [0.1, 0.15) is 0 Å². The summed E-state index contributed by atoms with van der Waals surface area (Å²) in [5, 5.41) is 6.41. The Hall–Kier alpha value is -0.710. The Kier molecular flexibility index (Phi) is 4.54. The van der Waals surface area contributed by atoms with Crippen LogP contribution in [0.4, 0.5) is 0 Å². The van der Waals surface area contributed by atoms with E-state index in [2.05, 4.69) is 22.8 Å². The third kappa shape index (κ3) is 2.66. The zero-order valence-corrected chi connectivity index (χ0v) is 11.7. The molecule has 1 amide bonds. The number of benzene rings is 1. The van der Waals surface area contributed by atoms with Crippen molar-refractivity contribution >= 4 is 30.1 Å². The minimum atomic E-state index is 0. The molecule has 5 heteroatoms. The van der Waals surface area contributed by atoms with Crippen LogP contribution in [0.15, 0.2) is 29.2 Å². The lowest BCUT2D eigenvalue weighted by molar-refractivity contribution is -0.122. The smallest absolute Gasteiger partial charge is 0.228 e. The molecule has 1 aromatic rings. The first-order valence-corrected chi connectivity index (χ1v) is 7.06. The number of amides is 1. The molecule has 98 valence electrons. The normalized spacial score (nSPS) is 25.3. The fourth-order valence-corrected chi connectivity index (χ4v) is 3.69. The van der Waals surface area contributed by atoms with Gasteiger partial charge in [0.25, 0.3) is 0 Å². The molecule has 2 aliphatic heterocycles. The molecule has 2 N–H and O–H groups in total. The molecule has 2 unspecified atom stereocenters. The molecule has 0 aromatic heterocycles. The first-order chi connectivity index (χ1) is 8.34. The third-order valence-electron chi connectivity index (χ3n) is 3.42. The van der Waals surface area contributed by atoms with Crippen LogP contribution < -0.4 is 10.6 Å². The number of fused-ring (bicyclic) bond motifs is 1. The van der Waals surface area contributed by atoms with E-state index < -0.39 is 0 Å². The maximum absolute atomic E-state index is 12.2. The van der Waals surface area contributed by atoms with E-state index >= 15 is 0 Å². The molecule has 3 nitrogen and oxygen atoms in total. The number of hydrogen-bond acceptors (Lipinski definition) is 3. The molecule has 0 saturated carbocycles. The minimum absolute atomic E-state index is 0. The van der Waals surface area contributed by atoms with Crippen molar-refractivity contribution in [3.63, 3.8) is 0 Å². The van der Waals surface area contributed by atoms with Crippen LogP contribution in [0.3, 0.4) is 0 Å². The molecule has 0 spiro atoms. The van der Waals surface area contributed by atoms with Gasteiger partial charge in [-0.15, -0.1) is 24.2 Å². The summed E-state index contributed by atoms with van der Waals surface area (Å²) in [6, 6.07) is 8.55. The monoisotopic (exact) mass is 284 g/mol. The Labute approximate surface area is 118 Å². The van der Waals surface area contributed by atoms with Crippen LogP contribution in [0, 0.1) is 0 Å². The van der Waals surface area contributed by atoms with E-state index in [1.165, 1.54) is 10.5 Å². The van der Waals surface area contributed by atoms with Gasteiger partial charge in [-0.1, -0.05) is 18.2 Å². The zero-order chi connectivity index (χ0) is 11.7. The highest BCUT2D eigenvalue weighted by Crippen LogP contribution is 2.39. The quantitative estimate of drug-likeness (QED) is 0.870. The fourth-order valence-electron chi connectivity index (χ4n) is 2.46. The number of halogens is 1. The van der Waals surface area contributed by atoms with Gasteiger partial charge in [-0.25, -0.2) is 0 Å². The summed E-state index contributed by atoms with van der Waals surface area (Å²) in [6.07, 6.45) is 1.05. The van der Waals surface area contributed by atoms with Gasteiger partial charge < -0.3 is 10.6 Å². The Morgan fingerprint density at radius 1 is 1.39 bits per heavy atom. The Balaban J connectivity index is 0.00000120. The predicted molar refractivity (Wildman–Crippen MR) is 76.6 cm³/mol. The first-order valence-electron chi connectivity index (χ1n) is 6.07. The van der Waals surface area contributed by atoms with Gasteiger partial charge in [-0.05, 0) is 24.6 Å². The summed E-state index contributed by atoms with van der Waals surface area (Å²) in [5.74, 6) is 1.11. The fraction of sp³-hybridized carbons (Fsp3) is 0.462. The predicted octanol–water partition coefficient (Wildman–Crippen LogP) is 1.78. The van der Waals surface area contributed by atoms with E-state index in [9.17, 15) is 4.79 Å². The van der Waals surface area contributed by atoms with E-state index in [4.69, 9.17) is 0 Å². The molecule has 1 aromatic carbocycles. The highest BCUT2D eigenvalue weighted by atomic mass is 35.5. The number of rotatable bonds is 2. The molecule has 2 heterocycles. The summed E-state index contributed by atoms with van der Waals surface area (Å²) in [5.41, 5.74) is 1.20. The Morgan fingerprint density at radius 2 is 2.22 bits per heavy atom. The standard InChI is InChI=1S/C13H16N2OS.ClH/c16-13(15-9-5-6-14-7-9)11-8-17-12-4-2-1-3-10(11)12;/h1-4,9,11,14H,5-8H2,(H,15,16);1H. The van der Waals surface area contributed by atoms with Crippen molar-refractivity contribution < 1.29 is 4.79 Å². The van der Waals surface area contributed by atoms with Crippen molar-refractivity contribution in [1.29, 1.82) is 0 Å². The lowest BCUT2D eigenvalue weighted by atomic mass is 10.00. The molecule has 2 atom stereocenters. The van der Waals surface area contributed by atoms with Crippen LogP contribution in [0.25, 0.3) is 0 Å². The Bertz CT molecular complexity index is 435. The second kappa shape index (κ2) is 5.95. The molecule has 0 bridgehead atoms. The van der Waals surface area contributed by atoms with Crippen molar-refractivity contribution in [3.05, 3.63) is 29.8 Å². The molecule has 3 rings (SSSR count). The van der Waals surface area contributed by atoms with Gasteiger partial charge in [-0.2, -0.15) is 0 Å². The van der Waals surface area contributed by atoms with E-state index in [1.54, 1.807) is 11.8 Å². The van der Waals surface area contributed by atoms with Crippen molar-refractivity contribution in [2.45, 2.75) is 23.3 Å². The third-order valence-corrected chi connectivity index (χ3v) is 4.61. The van der Waals surface area contributed by atoms with E-state index in [1.807, 2.05) is 12.1 Å². The summed E-state index contributed by atoms with van der Waals surface area (Å²) >= 11 is 1.79. The van der Waals surface area contributed by atoms with E-state index in [-0.39, 0.29) is 24.2 Å². The summed E-state index contributed by atoms with van der Waals surface area (Å²) in [6.45, 7) is 1.92. The van der Waals surface area contributed by atoms with Crippen LogP contribution in [0.1, 0.15) is 17.9 Å². The molecule has 1 fully saturated rings. The number of nitrogens with one attached hydrogen (secondary N) is 2. The molecular formula is C13H17ClN2OS. The van der Waals surface area contributed by atoms with Crippen molar-refractivity contribution in [1.82, 2.24) is 10.6 Å². The summed E-state index contributed by atoms with van der Waals surface area (Å²) in [7, 11) is 0. The van der Waals surface area contributed by atoms with Crippen LogP contribution in [0.5, 0.6) is 0 Å². The molecule has 18 heavy (non-hydrogen) atoms. The van der Waals surface area contributed by atoms with Crippen molar-refractivity contribution in [2.75, 3.05) is 18.8 Å². The van der Waals surface area contributed by atoms with Gasteiger partial charge in [0, 0.05) is 23.2 Å². The highest BCUT2D eigenvalue weighted by Gasteiger charge is 2.30. The minimum Gasteiger partial charge on any atom is -0.351 e. The van der Waals surface area contributed by atoms with Gasteiger partial charge in [0.2, 0.25) is 5.91 Å². The zero-order valence-electron chi connectivity index (χ0n) is 10.0. The molecule has 0 aliphatic carbocycles. The van der Waals surface area contributed by atoms with Gasteiger partial charge in [0.15, 0.2) is 0 Å². The average molecular weight is 285 g/mol. The van der Waals surface area contributed by atoms with Gasteiger partial charge >= 0.3 is 0 Å². The Morgan fingerprint density at radius 3 is 3.00 bits per heavy atom. The number of thioether (sulfide) groups is 1. The second-order valence-electron chi connectivity index (χ2n) is 4.60. The van der Waals surface area contributed by atoms with Crippen LogP contribution in [-0.4, -0.2) is 30.8 Å². The summed E-state index contributed by atoms with van der Waals surface area (Å²) in [4.78, 5) is 13.5. The number of carbonyl (C=O) groups excluding carboxylic acids is 1. The van der Waals surface area contributed by atoms with Crippen molar-refractivity contribution in [3.8, 4) is 0 Å². The molecule has 2 aliphatic rings. The largest absolute Gasteiger partial charge is 0.351 e. The SMILES string of the molecule is Cl.O=C(NC1CCNC1)C1CSc2ccccc21. The first kappa shape index (κ1) is 13.7. The topological polar surface area (TPSA) is 41.1 Å². The molecule has 0 radical (unpaired) electrons. The van der Waals surface area contributed by atoms with Gasteiger partial charge in [-0.3, -0.25) is 4.79 Å². The van der Waals surface area contributed by atoms with Gasteiger partial charge in [0.05, 0.1) is 5.92 Å². The maximum Gasteiger partial charge on any atom is 0.228 e. The maximum atomic E-state index is 12.2. The number of hydrogen-bond donors (Lipinski definition) is 2. The lowest BCUT2D eigenvalue weighted by Crippen LogP contribution is -2.39. The number of carbonyl (C=O) groups is 1. The molecular weight excluding hydrogens is 268 g/mol. The van der Waals surface area contributed by atoms with Crippen LogP contribution in [0.2, 0.25) is 0 Å². The van der Waals surface area contributed by atoms with E-state index in [0.29, 0.717) is 6.04 Å².